The first-order chi connectivity index (χ1) is 9.08. The van der Waals surface area contributed by atoms with E-state index < -0.39 is 0 Å². The fraction of sp³-hybridized carbons (Fsp3) is 0.0714. The molecule has 2 aromatic carbocycles. The summed E-state index contributed by atoms with van der Waals surface area (Å²) in [6, 6.07) is 11.5. The lowest BCUT2D eigenvalue weighted by Gasteiger charge is -2.07. The van der Waals surface area contributed by atoms with Crippen molar-refractivity contribution >= 4 is 46.5 Å². The smallest absolute Gasteiger partial charge is 0.182 e. The quantitative estimate of drug-likeness (QED) is 0.605. The predicted octanol–water partition coefficient (Wildman–Crippen LogP) is 5.30. The molecule has 0 atom stereocenters. The number of benzene rings is 2. The summed E-state index contributed by atoms with van der Waals surface area (Å²) in [5.74, 6) is 0. The summed E-state index contributed by atoms with van der Waals surface area (Å²) in [5.41, 5.74) is 4.01. The van der Waals surface area contributed by atoms with E-state index in [1.54, 1.807) is 12.1 Å². The van der Waals surface area contributed by atoms with Gasteiger partial charge in [0.05, 0.1) is 21.7 Å². The number of aryl methyl sites for hydroxylation is 1. The average molecular weight is 309 g/mol. The summed E-state index contributed by atoms with van der Waals surface area (Å²) < 4.78 is 2.55. The number of para-hydroxylation sites is 1. The normalized spacial score (nSPS) is 11.1. The fourth-order valence-electron chi connectivity index (χ4n) is 2.18. The van der Waals surface area contributed by atoms with Gasteiger partial charge in [-0.3, -0.25) is 4.57 Å². The average Bonchev–Trinajstić information content (AvgIpc) is 2.68. The van der Waals surface area contributed by atoms with Crippen LogP contribution in [0.2, 0.25) is 10.0 Å². The highest BCUT2D eigenvalue weighted by atomic mass is 35.5. The van der Waals surface area contributed by atoms with Gasteiger partial charge in [-0.2, -0.15) is 0 Å². The number of imidazole rings is 1. The lowest BCUT2D eigenvalue weighted by atomic mass is 10.2. The Morgan fingerprint density at radius 1 is 1.16 bits per heavy atom. The van der Waals surface area contributed by atoms with Crippen molar-refractivity contribution in [3.05, 3.63) is 56.8 Å². The van der Waals surface area contributed by atoms with E-state index in [0.717, 1.165) is 22.3 Å². The first-order valence-electron chi connectivity index (χ1n) is 5.73. The molecule has 0 unspecified atom stereocenters. The van der Waals surface area contributed by atoms with Crippen molar-refractivity contribution in [2.24, 2.45) is 0 Å². The number of halogens is 2. The molecule has 1 aromatic heterocycles. The Kier molecular flexibility index (Phi) is 3.13. The van der Waals surface area contributed by atoms with E-state index in [9.17, 15) is 0 Å². The van der Waals surface area contributed by atoms with Crippen molar-refractivity contribution < 1.29 is 0 Å². The molecule has 96 valence electrons. The van der Waals surface area contributed by atoms with Crippen LogP contribution in [-0.4, -0.2) is 9.55 Å². The van der Waals surface area contributed by atoms with Crippen LogP contribution in [0.25, 0.3) is 16.7 Å². The summed E-state index contributed by atoms with van der Waals surface area (Å²) in [6.07, 6.45) is 0. The molecule has 0 bridgehead atoms. The summed E-state index contributed by atoms with van der Waals surface area (Å²) in [6.45, 7) is 2.04. The number of aromatic nitrogens is 2. The second-order valence-electron chi connectivity index (χ2n) is 4.33. The van der Waals surface area contributed by atoms with E-state index in [1.165, 1.54) is 0 Å². The van der Waals surface area contributed by atoms with Crippen molar-refractivity contribution in [3.8, 4) is 5.69 Å². The second kappa shape index (κ2) is 4.67. The van der Waals surface area contributed by atoms with Gasteiger partial charge >= 0.3 is 0 Å². The molecule has 0 spiro atoms. The molecule has 0 aliphatic heterocycles. The Morgan fingerprint density at radius 2 is 1.95 bits per heavy atom. The third-order valence-electron chi connectivity index (χ3n) is 3.08. The Hall–Kier alpha value is -1.29. The number of nitrogens with zero attached hydrogens (tertiary/aromatic N) is 1. The Morgan fingerprint density at radius 3 is 2.68 bits per heavy atom. The van der Waals surface area contributed by atoms with Crippen molar-refractivity contribution in [1.29, 1.82) is 0 Å². The number of hydrogen-bond acceptors (Lipinski definition) is 1. The Bertz CT molecular complexity index is 833. The van der Waals surface area contributed by atoms with Crippen LogP contribution in [0.4, 0.5) is 0 Å². The topological polar surface area (TPSA) is 20.7 Å². The number of aromatic amines is 1. The molecule has 0 radical (unpaired) electrons. The van der Waals surface area contributed by atoms with Crippen LogP contribution in [0.3, 0.4) is 0 Å². The maximum Gasteiger partial charge on any atom is 0.182 e. The summed E-state index contributed by atoms with van der Waals surface area (Å²) in [7, 11) is 0. The minimum atomic E-state index is 0.575. The molecular formula is C14H10Cl2N2S. The van der Waals surface area contributed by atoms with Crippen molar-refractivity contribution in [3.63, 3.8) is 0 Å². The van der Waals surface area contributed by atoms with Gasteiger partial charge in [0.1, 0.15) is 0 Å². The van der Waals surface area contributed by atoms with Crippen molar-refractivity contribution in [1.82, 2.24) is 9.55 Å². The molecule has 0 saturated heterocycles. The largest absolute Gasteiger partial charge is 0.330 e. The van der Waals surface area contributed by atoms with Gasteiger partial charge in [0.2, 0.25) is 0 Å². The van der Waals surface area contributed by atoms with Crippen LogP contribution in [-0.2, 0) is 0 Å². The maximum absolute atomic E-state index is 6.27. The molecule has 0 aliphatic rings. The molecule has 5 heteroatoms. The number of nitrogens with one attached hydrogen (secondary N) is 1. The molecular weight excluding hydrogens is 299 g/mol. The van der Waals surface area contributed by atoms with Gasteiger partial charge in [-0.1, -0.05) is 35.3 Å². The fourth-order valence-corrected chi connectivity index (χ4v) is 2.97. The molecule has 1 heterocycles. The Balaban J connectivity index is 2.40. The highest BCUT2D eigenvalue weighted by Gasteiger charge is 2.10. The number of H-pyrrole nitrogens is 1. The van der Waals surface area contributed by atoms with Gasteiger partial charge < -0.3 is 4.98 Å². The van der Waals surface area contributed by atoms with Crippen molar-refractivity contribution in [2.75, 3.05) is 0 Å². The standard InChI is InChI=1S/C14H10Cl2N2S/c1-8-3-2-4-12-13(8)17-14(19)18(12)11-6-5-9(15)7-10(11)16/h2-7H,1H3,(H,17,19). The van der Waals surface area contributed by atoms with E-state index in [0.29, 0.717) is 14.8 Å². The molecule has 0 saturated carbocycles. The zero-order valence-electron chi connectivity index (χ0n) is 10.1. The minimum absolute atomic E-state index is 0.575. The van der Waals surface area contributed by atoms with Crippen LogP contribution in [0, 0.1) is 11.7 Å². The maximum atomic E-state index is 6.27. The number of rotatable bonds is 1. The number of hydrogen-bond donors (Lipinski definition) is 1. The highest BCUT2D eigenvalue weighted by molar-refractivity contribution is 7.71. The monoisotopic (exact) mass is 308 g/mol. The summed E-state index contributed by atoms with van der Waals surface area (Å²) >= 11 is 17.6. The van der Waals surface area contributed by atoms with Crippen LogP contribution >= 0.6 is 35.4 Å². The van der Waals surface area contributed by atoms with Gasteiger partial charge in [0.15, 0.2) is 4.77 Å². The van der Waals surface area contributed by atoms with Crippen LogP contribution in [0.5, 0.6) is 0 Å². The van der Waals surface area contributed by atoms with Gasteiger partial charge in [0, 0.05) is 5.02 Å². The molecule has 0 fully saturated rings. The van der Waals surface area contributed by atoms with Crippen LogP contribution < -0.4 is 0 Å². The van der Waals surface area contributed by atoms with E-state index in [-0.39, 0.29) is 0 Å². The third kappa shape index (κ3) is 2.08. The second-order valence-corrected chi connectivity index (χ2v) is 5.56. The molecule has 3 rings (SSSR count). The highest BCUT2D eigenvalue weighted by Crippen LogP contribution is 2.28. The molecule has 2 nitrogen and oxygen atoms in total. The first-order valence-corrected chi connectivity index (χ1v) is 6.90. The lowest BCUT2D eigenvalue weighted by Crippen LogP contribution is -1.95. The zero-order valence-corrected chi connectivity index (χ0v) is 12.4. The first kappa shape index (κ1) is 12.7. The van der Waals surface area contributed by atoms with E-state index in [1.807, 2.05) is 35.8 Å². The third-order valence-corrected chi connectivity index (χ3v) is 3.90. The summed E-state index contributed by atoms with van der Waals surface area (Å²) in [5, 5.41) is 1.18. The Labute approximate surface area is 125 Å². The van der Waals surface area contributed by atoms with Crippen LogP contribution in [0.15, 0.2) is 36.4 Å². The van der Waals surface area contributed by atoms with Gasteiger partial charge in [-0.05, 0) is 49.0 Å². The van der Waals surface area contributed by atoms with Crippen molar-refractivity contribution in [2.45, 2.75) is 6.92 Å². The van der Waals surface area contributed by atoms with Gasteiger partial charge in [0.25, 0.3) is 0 Å². The molecule has 19 heavy (non-hydrogen) atoms. The van der Waals surface area contributed by atoms with Gasteiger partial charge in [-0.25, -0.2) is 0 Å². The molecule has 1 N–H and O–H groups in total. The lowest BCUT2D eigenvalue weighted by molar-refractivity contribution is 1.07. The van der Waals surface area contributed by atoms with E-state index >= 15 is 0 Å². The molecule has 0 aliphatic carbocycles. The summed E-state index contributed by atoms with van der Waals surface area (Å²) in [4.78, 5) is 3.22. The van der Waals surface area contributed by atoms with E-state index in [2.05, 4.69) is 4.98 Å². The number of fused-ring (bicyclic) bond motifs is 1. The molecule has 3 aromatic rings. The minimum Gasteiger partial charge on any atom is -0.330 e. The van der Waals surface area contributed by atoms with Crippen LogP contribution in [0.1, 0.15) is 5.56 Å². The predicted molar refractivity (Wildman–Crippen MR) is 83.2 cm³/mol. The van der Waals surface area contributed by atoms with Gasteiger partial charge in [-0.15, -0.1) is 0 Å². The molecule has 0 amide bonds. The zero-order chi connectivity index (χ0) is 13.6. The SMILES string of the molecule is Cc1cccc2c1[nH]c(=S)n2-c1ccc(Cl)cc1Cl. The van der Waals surface area contributed by atoms with E-state index in [4.69, 9.17) is 35.4 Å².